The average molecular weight is 376 g/mol. The Bertz CT molecular complexity index is 1010. The third kappa shape index (κ3) is 4.15. The van der Waals surface area contributed by atoms with Crippen LogP contribution in [0.3, 0.4) is 0 Å². The molecule has 0 aliphatic carbocycles. The third-order valence-corrected chi connectivity index (χ3v) is 5.47. The minimum Gasteiger partial charge on any atom is -0.440 e. The number of carbonyl (C=O) groups excluding carboxylic acids is 1. The first-order chi connectivity index (χ1) is 11.8. The predicted octanol–water partition coefficient (Wildman–Crippen LogP) is 3.30. The van der Waals surface area contributed by atoms with Crippen molar-refractivity contribution in [3.63, 3.8) is 0 Å². The zero-order valence-corrected chi connectivity index (χ0v) is 15.3. The molecule has 3 rings (SSSR count). The highest BCUT2D eigenvalue weighted by molar-refractivity contribution is 7.90. The second-order valence-electron chi connectivity index (χ2n) is 5.52. The van der Waals surface area contributed by atoms with Crippen LogP contribution in [-0.2, 0) is 21.1 Å². The number of sulfone groups is 1. The van der Waals surface area contributed by atoms with Gasteiger partial charge in [0.2, 0.25) is 11.8 Å². The van der Waals surface area contributed by atoms with E-state index in [9.17, 15) is 13.2 Å². The number of nitrogens with zero attached hydrogens (tertiary/aromatic N) is 1. The van der Waals surface area contributed by atoms with Crippen molar-refractivity contribution in [2.24, 2.45) is 0 Å². The molecule has 25 heavy (non-hydrogen) atoms. The molecule has 0 bridgehead atoms. The number of hydrogen-bond donors (Lipinski definition) is 1. The molecule has 0 fully saturated rings. The van der Waals surface area contributed by atoms with Gasteiger partial charge in [-0.05, 0) is 36.6 Å². The maximum atomic E-state index is 12.3. The number of hydrogen-bond acceptors (Lipinski definition) is 6. The van der Waals surface area contributed by atoms with Crippen LogP contribution < -0.4 is 5.32 Å². The summed E-state index contributed by atoms with van der Waals surface area (Å²) in [6.07, 6.45) is 1.17. The van der Waals surface area contributed by atoms with E-state index in [1.54, 1.807) is 19.1 Å². The van der Waals surface area contributed by atoms with Gasteiger partial charge >= 0.3 is 0 Å². The molecule has 1 N–H and O–H groups in total. The van der Waals surface area contributed by atoms with Gasteiger partial charge in [-0.1, -0.05) is 12.1 Å². The van der Waals surface area contributed by atoms with Crippen molar-refractivity contribution in [3.05, 3.63) is 53.2 Å². The molecule has 0 saturated carbocycles. The summed E-state index contributed by atoms with van der Waals surface area (Å²) in [5.74, 6) is 0.789. The molecule has 1 aromatic carbocycles. The number of rotatable bonds is 5. The van der Waals surface area contributed by atoms with Crippen molar-refractivity contribution in [3.8, 4) is 10.8 Å². The second kappa shape index (κ2) is 6.81. The van der Waals surface area contributed by atoms with Gasteiger partial charge in [-0.25, -0.2) is 13.4 Å². The van der Waals surface area contributed by atoms with Gasteiger partial charge < -0.3 is 9.73 Å². The Morgan fingerprint density at radius 3 is 2.76 bits per heavy atom. The molecular formula is C17H16N2O4S2. The number of oxazole rings is 1. The summed E-state index contributed by atoms with van der Waals surface area (Å²) in [6.45, 7) is 1.76. The van der Waals surface area contributed by atoms with Gasteiger partial charge in [-0.2, -0.15) is 0 Å². The maximum absolute atomic E-state index is 12.3. The van der Waals surface area contributed by atoms with Gasteiger partial charge in [0.05, 0.1) is 21.9 Å². The molecule has 0 unspecified atom stereocenters. The summed E-state index contributed by atoms with van der Waals surface area (Å²) in [7, 11) is -3.33. The normalized spacial score (nSPS) is 11.4. The molecule has 8 heteroatoms. The van der Waals surface area contributed by atoms with Crippen molar-refractivity contribution in [2.45, 2.75) is 18.2 Å². The summed E-state index contributed by atoms with van der Waals surface area (Å²) in [4.78, 5) is 17.7. The van der Waals surface area contributed by atoms with Crippen molar-refractivity contribution >= 4 is 32.8 Å². The molecular weight excluding hydrogens is 360 g/mol. The number of aromatic nitrogens is 1. The van der Waals surface area contributed by atoms with Crippen molar-refractivity contribution in [1.82, 2.24) is 4.98 Å². The number of nitrogens with one attached hydrogen (secondary N) is 1. The number of amides is 1. The fraction of sp³-hybridized carbons (Fsp3) is 0.176. The van der Waals surface area contributed by atoms with E-state index in [1.165, 1.54) is 23.5 Å². The molecule has 1 amide bonds. The SMILES string of the molecule is Cc1oc(-c2cccs2)nc1CC(=O)Nc1cccc(S(C)(=O)=O)c1. The molecule has 3 aromatic rings. The highest BCUT2D eigenvalue weighted by Crippen LogP contribution is 2.26. The first-order valence-electron chi connectivity index (χ1n) is 7.43. The van der Waals surface area contributed by atoms with Crippen LogP contribution in [0.1, 0.15) is 11.5 Å². The van der Waals surface area contributed by atoms with E-state index in [4.69, 9.17) is 4.42 Å². The summed E-state index contributed by atoms with van der Waals surface area (Å²) < 4.78 is 28.8. The van der Waals surface area contributed by atoms with Gasteiger partial charge in [0.15, 0.2) is 9.84 Å². The first-order valence-corrected chi connectivity index (χ1v) is 10.2. The van der Waals surface area contributed by atoms with E-state index in [0.717, 1.165) is 11.1 Å². The van der Waals surface area contributed by atoms with Gasteiger partial charge in [-0.3, -0.25) is 4.79 Å². The average Bonchev–Trinajstić information content (AvgIpc) is 3.17. The summed E-state index contributed by atoms with van der Waals surface area (Å²) in [5, 5.41) is 4.62. The monoisotopic (exact) mass is 376 g/mol. The largest absolute Gasteiger partial charge is 0.440 e. The summed E-state index contributed by atoms with van der Waals surface area (Å²) >= 11 is 1.51. The van der Waals surface area contributed by atoms with Crippen LogP contribution in [-0.4, -0.2) is 25.6 Å². The molecule has 0 aliphatic heterocycles. The molecule has 0 atom stereocenters. The highest BCUT2D eigenvalue weighted by Gasteiger charge is 2.16. The minimum absolute atomic E-state index is 0.0454. The number of benzene rings is 1. The lowest BCUT2D eigenvalue weighted by atomic mass is 10.2. The molecule has 0 radical (unpaired) electrons. The van der Waals surface area contributed by atoms with E-state index < -0.39 is 9.84 Å². The van der Waals surface area contributed by atoms with Crippen LogP contribution in [0.5, 0.6) is 0 Å². The minimum atomic E-state index is -3.33. The van der Waals surface area contributed by atoms with Gasteiger partial charge in [-0.15, -0.1) is 11.3 Å². The maximum Gasteiger partial charge on any atom is 0.236 e. The Morgan fingerprint density at radius 1 is 1.28 bits per heavy atom. The molecule has 2 heterocycles. The quantitative estimate of drug-likeness (QED) is 0.738. The molecule has 6 nitrogen and oxygen atoms in total. The number of anilines is 1. The van der Waals surface area contributed by atoms with Crippen LogP contribution >= 0.6 is 11.3 Å². The van der Waals surface area contributed by atoms with Crippen LogP contribution in [0.15, 0.2) is 51.1 Å². The lowest BCUT2D eigenvalue weighted by Gasteiger charge is -2.06. The van der Waals surface area contributed by atoms with Crippen molar-refractivity contribution in [2.75, 3.05) is 11.6 Å². The van der Waals surface area contributed by atoms with Crippen LogP contribution in [0.25, 0.3) is 10.8 Å². The van der Waals surface area contributed by atoms with E-state index >= 15 is 0 Å². The highest BCUT2D eigenvalue weighted by atomic mass is 32.2. The molecule has 0 aliphatic rings. The Morgan fingerprint density at radius 2 is 2.08 bits per heavy atom. The molecule has 0 spiro atoms. The molecule has 130 valence electrons. The third-order valence-electron chi connectivity index (χ3n) is 3.50. The fourth-order valence-electron chi connectivity index (χ4n) is 2.26. The van der Waals surface area contributed by atoms with Crippen molar-refractivity contribution < 1.29 is 17.6 Å². The smallest absolute Gasteiger partial charge is 0.236 e. The Hall–Kier alpha value is -2.45. The molecule has 0 saturated heterocycles. The van der Waals surface area contributed by atoms with Crippen LogP contribution in [0.4, 0.5) is 5.69 Å². The predicted molar refractivity (Wildman–Crippen MR) is 96.4 cm³/mol. The van der Waals surface area contributed by atoms with E-state index in [2.05, 4.69) is 10.3 Å². The summed E-state index contributed by atoms with van der Waals surface area (Å²) in [6, 6.07) is 9.94. The van der Waals surface area contributed by atoms with Crippen molar-refractivity contribution in [1.29, 1.82) is 0 Å². The van der Waals surface area contributed by atoms with E-state index in [-0.39, 0.29) is 17.2 Å². The lowest BCUT2D eigenvalue weighted by molar-refractivity contribution is -0.115. The number of thiophene rings is 1. The topological polar surface area (TPSA) is 89.3 Å². The molecule has 2 aromatic heterocycles. The zero-order chi connectivity index (χ0) is 18.0. The Labute approximate surface area is 149 Å². The zero-order valence-electron chi connectivity index (χ0n) is 13.6. The number of aryl methyl sites for hydroxylation is 1. The lowest BCUT2D eigenvalue weighted by Crippen LogP contribution is -2.15. The van der Waals surface area contributed by atoms with E-state index in [0.29, 0.717) is 23.0 Å². The fourth-order valence-corrected chi connectivity index (χ4v) is 3.58. The second-order valence-corrected chi connectivity index (χ2v) is 8.49. The van der Waals surface area contributed by atoms with Gasteiger partial charge in [0.25, 0.3) is 0 Å². The Balaban J connectivity index is 1.73. The van der Waals surface area contributed by atoms with Gasteiger partial charge in [0, 0.05) is 11.9 Å². The summed E-state index contributed by atoms with van der Waals surface area (Å²) in [5.41, 5.74) is 0.979. The number of carbonyl (C=O) groups is 1. The van der Waals surface area contributed by atoms with Gasteiger partial charge in [0.1, 0.15) is 5.76 Å². The first kappa shape index (κ1) is 17.4. The Kier molecular flexibility index (Phi) is 4.73. The van der Waals surface area contributed by atoms with Crippen LogP contribution in [0, 0.1) is 6.92 Å². The standard InChI is InChI=1S/C17H16N2O4S2/c1-11-14(19-17(23-11)15-7-4-8-24-15)10-16(20)18-12-5-3-6-13(9-12)25(2,21)22/h3-9H,10H2,1-2H3,(H,18,20). The van der Waals surface area contributed by atoms with Crippen LogP contribution in [0.2, 0.25) is 0 Å². The van der Waals surface area contributed by atoms with E-state index in [1.807, 2.05) is 17.5 Å².